The third kappa shape index (κ3) is 11.1. The normalized spacial score (nSPS) is 11.3. The van der Waals surface area contributed by atoms with E-state index in [1.54, 1.807) is 57.9 Å². The molecule has 0 saturated carbocycles. The summed E-state index contributed by atoms with van der Waals surface area (Å²) in [6.07, 6.45) is 10.3. The number of para-hydroxylation sites is 2. The molecule has 63 heavy (non-hydrogen) atoms. The van der Waals surface area contributed by atoms with Gasteiger partial charge in [-0.15, -0.1) is 10.2 Å². The number of ketones is 2. The number of aromatic hydroxyl groups is 2. The molecular weight excluding hydrogens is 793 g/mol. The van der Waals surface area contributed by atoms with Gasteiger partial charge in [-0.3, -0.25) is 9.59 Å². The minimum absolute atomic E-state index is 0.107. The van der Waals surface area contributed by atoms with Crippen molar-refractivity contribution in [3.8, 4) is 23.0 Å². The Hall–Kier alpha value is -8.38. The summed E-state index contributed by atoms with van der Waals surface area (Å²) in [5, 5.41) is 37.8. The summed E-state index contributed by atoms with van der Waals surface area (Å²) >= 11 is 0. The zero-order chi connectivity index (χ0) is 43.4. The fraction of sp³-hybridized carbons (Fsp3) is 0.0980. The van der Waals surface area contributed by atoms with E-state index < -0.39 is 0 Å². The van der Waals surface area contributed by atoms with Gasteiger partial charge in [0.25, 0.3) is 0 Å². The molecule has 8 rings (SSSR count). The van der Waals surface area contributed by atoms with Gasteiger partial charge in [-0.1, -0.05) is 107 Å². The lowest BCUT2D eigenvalue weighted by Crippen LogP contribution is -2.01. The molecule has 8 aromatic rings. The molecule has 0 atom stereocenters. The van der Waals surface area contributed by atoms with Crippen molar-refractivity contribution in [3.63, 3.8) is 0 Å². The second-order valence-electron chi connectivity index (χ2n) is 14.7. The van der Waals surface area contributed by atoms with Crippen LogP contribution in [-0.2, 0) is 32.7 Å². The number of rotatable bonds is 18. The van der Waals surface area contributed by atoms with E-state index in [-0.39, 0.29) is 47.4 Å². The first-order valence-electron chi connectivity index (χ1n) is 20.2. The van der Waals surface area contributed by atoms with Crippen molar-refractivity contribution in [2.45, 2.75) is 32.7 Å². The number of benzene rings is 6. The zero-order valence-corrected chi connectivity index (χ0v) is 34.1. The maximum Gasteiger partial charge on any atom is 0.189 e. The number of hydrogen-bond acceptors (Lipinski definition) is 10. The maximum absolute atomic E-state index is 13.2. The van der Waals surface area contributed by atoms with Crippen molar-refractivity contribution < 1.29 is 29.3 Å². The van der Waals surface area contributed by atoms with Gasteiger partial charge in [0.05, 0.1) is 36.6 Å². The third-order valence-corrected chi connectivity index (χ3v) is 10.0. The van der Waals surface area contributed by atoms with E-state index in [9.17, 15) is 19.8 Å². The van der Waals surface area contributed by atoms with Crippen LogP contribution >= 0.6 is 0 Å². The van der Waals surface area contributed by atoms with Crippen molar-refractivity contribution in [1.82, 2.24) is 30.0 Å². The van der Waals surface area contributed by atoms with E-state index in [0.29, 0.717) is 53.5 Å². The molecule has 0 aliphatic heterocycles. The Kier molecular flexibility index (Phi) is 13.0. The summed E-state index contributed by atoms with van der Waals surface area (Å²) in [7, 11) is 0. The molecule has 2 heterocycles. The molecule has 0 amide bonds. The van der Waals surface area contributed by atoms with E-state index in [1.165, 1.54) is 24.3 Å². The first-order valence-corrected chi connectivity index (χ1v) is 20.2. The van der Waals surface area contributed by atoms with Crippen LogP contribution in [0.5, 0.6) is 23.0 Å². The summed E-state index contributed by atoms with van der Waals surface area (Å²) in [5.41, 5.74) is 6.93. The molecule has 0 aliphatic carbocycles. The van der Waals surface area contributed by atoms with Crippen molar-refractivity contribution in [3.05, 3.63) is 226 Å². The van der Waals surface area contributed by atoms with Gasteiger partial charge in [0.15, 0.2) is 11.6 Å². The summed E-state index contributed by atoms with van der Waals surface area (Å²) in [4.78, 5) is 26.4. The minimum Gasteiger partial charge on any atom is -0.507 e. The highest BCUT2D eigenvalue weighted by Crippen LogP contribution is 2.29. The molecule has 2 N–H and O–H groups in total. The second kappa shape index (κ2) is 19.8. The lowest BCUT2D eigenvalue weighted by atomic mass is 9.99. The molecule has 2 aromatic heterocycles. The van der Waals surface area contributed by atoms with Crippen LogP contribution in [0.15, 0.2) is 170 Å². The van der Waals surface area contributed by atoms with Gasteiger partial charge in [-0.2, -0.15) is 0 Å². The number of carbonyl (C=O) groups is 2. The van der Waals surface area contributed by atoms with Crippen LogP contribution in [0.2, 0.25) is 0 Å². The van der Waals surface area contributed by atoms with Crippen molar-refractivity contribution in [2.24, 2.45) is 0 Å². The third-order valence-electron chi connectivity index (χ3n) is 10.0. The second-order valence-corrected chi connectivity index (χ2v) is 14.7. The molecule has 312 valence electrons. The van der Waals surface area contributed by atoms with Crippen LogP contribution in [0.1, 0.15) is 65.5 Å². The van der Waals surface area contributed by atoms with Crippen LogP contribution in [0.3, 0.4) is 0 Å². The summed E-state index contributed by atoms with van der Waals surface area (Å²) in [6.45, 7) is 1.42. The smallest absolute Gasteiger partial charge is 0.189 e. The Bertz CT molecular complexity index is 2710. The van der Waals surface area contributed by atoms with Crippen LogP contribution in [0.25, 0.3) is 12.2 Å². The zero-order valence-electron chi connectivity index (χ0n) is 34.1. The quantitative estimate of drug-likeness (QED) is 0.0633. The average molecular weight is 835 g/mol. The highest BCUT2D eigenvalue weighted by molar-refractivity contribution is 6.09. The van der Waals surface area contributed by atoms with Gasteiger partial charge in [-0.25, -0.2) is 9.36 Å². The number of nitrogens with zero attached hydrogens (tertiary/aromatic N) is 6. The number of ether oxygens (including phenoxy) is 2. The topological polar surface area (TPSA) is 154 Å². The fourth-order valence-corrected chi connectivity index (χ4v) is 6.86. The monoisotopic (exact) mass is 834 g/mol. The summed E-state index contributed by atoms with van der Waals surface area (Å²) < 4.78 is 16.0. The van der Waals surface area contributed by atoms with E-state index in [0.717, 1.165) is 22.3 Å². The first kappa shape index (κ1) is 41.4. The molecular formula is C51H42N6O6. The number of phenolic OH excluding ortho intramolecular Hbond substituents is 2. The Morgan fingerprint density at radius 1 is 0.508 bits per heavy atom. The van der Waals surface area contributed by atoms with Crippen LogP contribution in [-0.4, -0.2) is 51.8 Å². The molecule has 0 radical (unpaired) electrons. The highest BCUT2D eigenvalue weighted by Gasteiger charge is 2.13. The van der Waals surface area contributed by atoms with Gasteiger partial charge < -0.3 is 19.7 Å². The van der Waals surface area contributed by atoms with Gasteiger partial charge in [0.2, 0.25) is 0 Å². The molecule has 6 aromatic carbocycles. The number of phenols is 2. The highest BCUT2D eigenvalue weighted by atomic mass is 16.5. The summed E-state index contributed by atoms with van der Waals surface area (Å²) in [6, 6.07) is 44.2. The maximum atomic E-state index is 13.2. The van der Waals surface area contributed by atoms with E-state index in [1.807, 2.05) is 109 Å². The van der Waals surface area contributed by atoms with E-state index in [4.69, 9.17) is 9.47 Å². The number of allylic oxidation sites excluding steroid dienone is 2. The molecule has 12 heteroatoms. The predicted molar refractivity (Wildman–Crippen MR) is 238 cm³/mol. The first-order chi connectivity index (χ1) is 30.8. The van der Waals surface area contributed by atoms with Crippen LogP contribution < -0.4 is 9.47 Å². The Morgan fingerprint density at radius 2 is 0.921 bits per heavy atom. The van der Waals surface area contributed by atoms with Crippen LogP contribution in [0, 0.1) is 0 Å². The molecule has 0 bridgehead atoms. The molecule has 0 aliphatic rings. The van der Waals surface area contributed by atoms with E-state index >= 15 is 0 Å². The van der Waals surface area contributed by atoms with Gasteiger partial charge in [0.1, 0.15) is 47.6 Å². The molecule has 12 nitrogen and oxygen atoms in total. The lowest BCUT2D eigenvalue weighted by molar-refractivity contribution is 0.103. The largest absolute Gasteiger partial charge is 0.507 e. The van der Waals surface area contributed by atoms with Gasteiger partial charge >= 0.3 is 0 Å². The molecule has 0 fully saturated rings. The van der Waals surface area contributed by atoms with Crippen LogP contribution in [0.4, 0.5) is 0 Å². The number of aromatic nitrogens is 6. The average Bonchev–Trinajstić information content (AvgIpc) is 3.96. The Balaban J connectivity index is 1.04. The van der Waals surface area contributed by atoms with Crippen molar-refractivity contribution >= 4 is 23.7 Å². The number of carbonyl (C=O) groups excluding carboxylic acids is 2. The Morgan fingerprint density at radius 3 is 1.35 bits per heavy atom. The fourth-order valence-electron chi connectivity index (χ4n) is 6.86. The van der Waals surface area contributed by atoms with Gasteiger partial charge in [0, 0.05) is 11.1 Å². The lowest BCUT2D eigenvalue weighted by Gasteiger charge is -2.13. The predicted octanol–water partition coefficient (Wildman–Crippen LogP) is 8.92. The molecule has 0 saturated heterocycles. The Labute approximate surface area is 363 Å². The summed E-state index contributed by atoms with van der Waals surface area (Å²) in [5.74, 6) is 0.103. The molecule has 0 unspecified atom stereocenters. The number of hydrogen-bond donors (Lipinski definition) is 2. The van der Waals surface area contributed by atoms with Gasteiger partial charge in [-0.05, 0) is 102 Å². The minimum atomic E-state index is -0.363. The SMILES string of the molecule is O=C(/C=C/c1cc(Cc2ccc(OCc3cn(Cc4ccccc4)nn3)c(/C=C/C(=O)c3ccccc3O)c2)ccc1OCc1cn(Cc2ccccc2)nn1)c1ccccc1O. The molecule has 0 spiro atoms. The standard InChI is InChI=1S/C51H42N6O6/c58-46-17-9-7-15-44(46)48(60)23-21-40-28-38(19-25-50(40)62-34-42-32-56(54-52-42)30-36-11-3-1-4-12-36)27-39-20-26-51(41(29-39)22-24-49(61)45-16-8-10-18-47(45)59)63-35-43-33-57(55-53-43)31-37-13-5-2-6-14-37/h1-26,28-29,32-33,58-59H,27,30-31,34-35H2/b23-21+,24-22+. The van der Waals surface area contributed by atoms with Crippen molar-refractivity contribution in [2.75, 3.05) is 0 Å². The van der Waals surface area contributed by atoms with E-state index in [2.05, 4.69) is 20.6 Å². The van der Waals surface area contributed by atoms with Crippen molar-refractivity contribution in [1.29, 1.82) is 0 Å².